The van der Waals surface area contributed by atoms with E-state index in [-0.39, 0.29) is 24.9 Å². The third-order valence-corrected chi connectivity index (χ3v) is 13.1. The molecule has 0 radical (unpaired) electrons. The van der Waals surface area contributed by atoms with Crippen molar-refractivity contribution in [1.29, 1.82) is 0 Å². The van der Waals surface area contributed by atoms with Crippen LogP contribution in [0.5, 0.6) is 0 Å². The van der Waals surface area contributed by atoms with Crippen molar-refractivity contribution in [2.75, 3.05) is 6.61 Å². The van der Waals surface area contributed by atoms with Gasteiger partial charge in [0.2, 0.25) is 5.91 Å². The number of carbonyl (C=O) groups is 2. The molecule has 6 heteroatoms. The predicted molar refractivity (Wildman–Crippen MR) is 287 cm³/mol. The van der Waals surface area contributed by atoms with Crippen LogP contribution in [0.15, 0.2) is 48.6 Å². The highest BCUT2D eigenvalue weighted by atomic mass is 16.5. The van der Waals surface area contributed by atoms with Crippen molar-refractivity contribution >= 4 is 11.9 Å². The second-order valence-electron chi connectivity index (χ2n) is 19.7. The molecule has 0 aliphatic heterocycles. The third kappa shape index (κ3) is 48.3. The number of aliphatic hydroxyl groups is 2. The van der Waals surface area contributed by atoms with Gasteiger partial charge in [-0.05, 0) is 89.9 Å². The minimum Gasteiger partial charge on any atom is -0.462 e. The Bertz CT molecular complexity index is 1130. The molecule has 0 aliphatic carbocycles. The maximum absolute atomic E-state index is 13.3. The van der Waals surface area contributed by atoms with Gasteiger partial charge in [-0.3, -0.25) is 9.59 Å². The van der Waals surface area contributed by atoms with Crippen molar-refractivity contribution < 1.29 is 24.5 Å². The topological polar surface area (TPSA) is 95.9 Å². The molecule has 0 saturated carbocycles. The Morgan fingerprint density at radius 3 is 1.18 bits per heavy atom. The van der Waals surface area contributed by atoms with E-state index in [9.17, 15) is 19.8 Å². The average Bonchev–Trinajstić information content (AvgIpc) is 3.31. The number of aliphatic hydroxyl groups excluding tert-OH is 2. The molecule has 3 N–H and O–H groups in total. The number of hydrogen-bond acceptors (Lipinski definition) is 5. The molecule has 0 rings (SSSR count). The van der Waals surface area contributed by atoms with E-state index in [0.717, 1.165) is 77.0 Å². The van der Waals surface area contributed by atoms with Crippen molar-refractivity contribution in [3.63, 3.8) is 0 Å². The van der Waals surface area contributed by atoms with Gasteiger partial charge in [-0.15, -0.1) is 0 Å². The fourth-order valence-electron chi connectivity index (χ4n) is 8.73. The fraction of sp³-hybridized carbons (Fsp3) is 0.833. The van der Waals surface area contributed by atoms with Gasteiger partial charge in [0.1, 0.15) is 6.10 Å². The minimum atomic E-state index is -0.790. The van der Waals surface area contributed by atoms with Gasteiger partial charge in [0.25, 0.3) is 0 Å². The first-order chi connectivity index (χ1) is 32.5. The average molecular weight is 927 g/mol. The van der Waals surface area contributed by atoms with E-state index < -0.39 is 18.2 Å². The van der Waals surface area contributed by atoms with Crippen LogP contribution < -0.4 is 5.32 Å². The van der Waals surface area contributed by atoms with Crippen molar-refractivity contribution in [2.24, 2.45) is 0 Å². The van der Waals surface area contributed by atoms with Gasteiger partial charge in [-0.25, -0.2) is 0 Å². The smallest absolute Gasteiger partial charge is 0.306 e. The summed E-state index contributed by atoms with van der Waals surface area (Å²) in [7, 11) is 0. The van der Waals surface area contributed by atoms with Gasteiger partial charge in [0.15, 0.2) is 0 Å². The fourth-order valence-corrected chi connectivity index (χ4v) is 8.73. The molecule has 0 aromatic rings. The molecule has 386 valence electrons. The molecule has 66 heavy (non-hydrogen) atoms. The highest BCUT2D eigenvalue weighted by molar-refractivity contribution is 5.77. The van der Waals surface area contributed by atoms with Crippen molar-refractivity contribution in [1.82, 2.24) is 5.32 Å². The van der Waals surface area contributed by atoms with E-state index in [1.54, 1.807) is 0 Å². The number of nitrogens with one attached hydrogen (secondary N) is 1. The van der Waals surface area contributed by atoms with Crippen LogP contribution in [0.3, 0.4) is 0 Å². The Hall–Kier alpha value is -2.18. The molecule has 0 heterocycles. The number of rotatable bonds is 52. The summed E-state index contributed by atoms with van der Waals surface area (Å²) in [6.07, 6.45) is 66.0. The third-order valence-electron chi connectivity index (χ3n) is 13.1. The Kier molecular flexibility index (Phi) is 52.0. The molecule has 0 aromatic carbocycles. The lowest BCUT2D eigenvalue weighted by Gasteiger charge is -2.24. The minimum absolute atomic E-state index is 0.0718. The Labute approximate surface area is 410 Å². The van der Waals surface area contributed by atoms with Crippen LogP contribution in [-0.4, -0.2) is 46.9 Å². The maximum atomic E-state index is 13.3. The van der Waals surface area contributed by atoms with Crippen molar-refractivity contribution in [3.05, 3.63) is 48.6 Å². The zero-order valence-electron chi connectivity index (χ0n) is 44.1. The summed E-state index contributed by atoms with van der Waals surface area (Å²) in [6, 6.07) is -0.704. The Morgan fingerprint density at radius 2 is 0.773 bits per heavy atom. The Morgan fingerprint density at radius 1 is 0.439 bits per heavy atom. The zero-order chi connectivity index (χ0) is 48.1. The highest BCUT2D eigenvalue weighted by Gasteiger charge is 2.24. The van der Waals surface area contributed by atoms with Crippen LogP contribution in [0.25, 0.3) is 0 Å². The predicted octanol–water partition coefficient (Wildman–Crippen LogP) is 17.8. The van der Waals surface area contributed by atoms with Crippen LogP contribution in [0.2, 0.25) is 0 Å². The molecular formula is C60H111NO5. The summed E-state index contributed by atoms with van der Waals surface area (Å²) < 4.78 is 5.96. The van der Waals surface area contributed by atoms with Crippen LogP contribution in [0.1, 0.15) is 297 Å². The molecular weight excluding hydrogens is 815 g/mol. The molecule has 0 bridgehead atoms. The van der Waals surface area contributed by atoms with E-state index >= 15 is 0 Å². The molecule has 0 aliphatic rings. The van der Waals surface area contributed by atoms with Gasteiger partial charge >= 0.3 is 5.97 Å². The van der Waals surface area contributed by atoms with Gasteiger partial charge in [-0.1, -0.05) is 243 Å². The van der Waals surface area contributed by atoms with Crippen LogP contribution in [-0.2, 0) is 14.3 Å². The van der Waals surface area contributed by atoms with Gasteiger partial charge < -0.3 is 20.3 Å². The SMILES string of the molecule is CCCCC/C=C\C/C=C\CCCCCCCCCCCC(=O)OC(CCCCCCCCC/C=C\C/C=C\CCCCC)CC(=O)NC(CO)C(O)CCCCCCCCCCCCC. The lowest BCUT2D eigenvalue weighted by molar-refractivity contribution is -0.151. The summed E-state index contributed by atoms with van der Waals surface area (Å²) >= 11 is 0. The van der Waals surface area contributed by atoms with Gasteiger partial charge in [0.05, 0.1) is 25.2 Å². The van der Waals surface area contributed by atoms with Crippen LogP contribution in [0, 0.1) is 0 Å². The molecule has 0 spiro atoms. The zero-order valence-corrected chi connectivity index (χ0v) is 44.1. The molecule has 1 amide bonds. The molecule has 0 saturated heterocycles. The highest BCUT2D eigenvalue weighted by Crippen LogP contribution is 2.18. The van der Waals surface area contributed by atoms with Gasteiger partial charge in [0, 0.05) is 6.42 Å². The molecule has 0 fully saturated rings. The standard InChI is InChI=1S/C60H111NO5/c1-4-7-10-13-16-19-22-24-26-28-29-31-33-35-38-41-44-47-50-53-60(65)66-56(51-48-45-42-39-37-34-32-30-27-25-23-20-17-14-11-8-5-2)54-59(64)61-57(55-62)58(63)52-49-46-43-40-36-21-18-15-12-9-6-3/h16-17,19-20,24-27,56-58,62-63H,4-15,18,21-23,28-55H2,1-3H3,(H,61,64)/b19-16-,20-17-,26-24-,27-25-. The normalized spacial score (nSPS) is 13.5. The summed E-state index contributed by atoms with van der Waals surface area (Å²) in [5.41, 5.74) is 0. The Balaban J connectivity index is 4.55. The van der Waals surface area contributed by atoms with E-state index in [4.69, 9.17) is 4.74 Å². The largest absolute Gasteiger partial charge is 0.462 e. The number of ether oxygens (including phenoxy) is 1. The summed E-state index contributed by atoms with van der Waals surface area (Å²) in [6.45, 7) is 6.45. The molecule has 3 atom stereocenters. The number of esters is 1. The van der Waals surface area contributed by atoms with Gasteiger partial charge in [-0.2, -0.15) is 0 Å². The van der Waals surface area contributed by atoms with Crippen LogP contribution >= 0.6 is 0 Å². The van der Waals surface area contributed by atoms with E-state index in [1.165, 1.54) is 173 Å². The first-order valence-electron chi connectivity index (χ1n) is 28.9. The maximum Gasteiger partial charge on any atom is 0.306 e. The molecule has 0 aromatic heterocycles. The number of unbranched alkanes of at least 4 members (excludes halogenated alkanes) is 32. The van der Waals surface area contributed by atoms with E-state index in [0.29, 0.717) is 19.3 Å². The van der Waals surface area contributed by atoms with Crippen molar-refractivity contribution in [3.8, 4) is 0 Å². The number of carbonyl (C=O) groups excluding carboxylic acids is 2. The summed E-state index contributed by atoms with van der Waals surface area (Å²) in [4.78, 5) is 26.3. The van der Waals surface area contributed by atoms with Crippen molar-refractivity contribution in [2.45, 2.75) is 315 Å². The second-order valence-corrected chi connectivity index (χ2v) is 19.7. The summed E-state index contributed by atoms with van der Waals surface area (Å²) in [5, 5.41) is 23.8. The van der Waals surface area contributed by atoms with Crippen LogP contribution in [0.4, 0.5) is 0 Å². The second kappa shape index (κ2) is 53.8. The van der Waals surface area contributed by atoms with E-state index in [2.05, 4.69) is 74.7 Å². The quantitative estimate of drug-likeness (QED) is 0.0321. The summed E-state index contributed by atoms with van der Waals surface area (Å²) in [5.74, 6) is -0.476. The monoisotopic (exact) mass is 926 g/mol. The first kappa shape index (κ1) is 63.8. The number of allylic oxidation sites excluding steroid dienone is 8. The molecule has 6 nitrogen and oxygen atoms in total. The first-order valence-corrected chi connectivity index (χ1v) is 28.9. The lowest BCUT2D eigenvalue weighted by atomic mass is 10.0. The lowest BCUT2D eigenvalue weighted by Crippen LogP contribution is -2.46. The molecule has 3 unspecified atom stereocenters. The number of hydrogen-bond donors (Lipinski definition) is 3. The number of amides is 1. The van der Waals surface area contributed by atoms with E-state index in [1.807, 2.05) is 0 Å².